The van der Waals surface area contributed by atoms with Gasteiger partial charge in [-0.15, -0.1) is 0 Å². The summed E-state index contributed by atoms with van der Waals surface area (Å²) in [7, 11) is 0. The SMILES string of the molecule is C=CC(=O)OC(CCCCCCCCCCCCCCCC)CCCCCCCCCCCCCCCCC. The van der Waals surface area contributed by atoms with E-state index in [2.05, 4.69) is 20.4 Å². The fourth-order valence-corrected chi connectivity index (χ4v) is 5.78. The first-order valence-corrected chi connectivity index (χ1v) is 18.1. The van der Waals surface area contributed by atoms with Crippen molar-refractivity contribution in [3.63, 3.8) is 0 Å². The van der Waals surface area contributed by atoms with E-state index in [-0.39, 0.29) is 12.1 Å². The average molecular weight is 549 g/mol. The molecule has 232 valence electrons. The maximum Gasteiger partial charge on any atom is 0.330 e. The Hall–Kier alpha value is -0.790. The molecule has 0 spiro atoms. The Kier molecular flexibility index (Phi) is 32.7. The molecule has 0 radical (unpaired) electrons. The zero-order valence-electron chi connectivity index (χ0n) is 27.1. The van der Waals surface area contributed by atoms with Crippen molar-refractivity contribution in [1.29, 1.82) is 0 Å². The fraction of sp³-hybridized carbons (Fsp3) is 0.919. The smallest absolute Gasteiger partial charge is 0.330 e. The number of esters is 1. The number of carbonyl (C=O) groups is 1. The largest absolute Gasteiger partial charge is 0.459 e. The van der Waals surface area contributed by atoms with Gasteiger partial charge in [0.05, 0.1) is 0 Å². The Morgan fingerprint density at radius 1 is 0.462 bits per heavy atom. The molecule has 0 saturated heterocycles. The van der Waals surface area contributed by atoms with Crippen LogP contribution in [0.2, 0.25) is 0 Å². The van der Waals surface area contributed by atoms with Gasteiger partial charge in [-0.05, 0) is 25.7 Å². The Morgan fingerprint density at radius 3 is 0.923 bits per heavy atom. The lowest BCUT2D eigenvalue weighted by molar-refractivity contribution is -0.143. The van der Waals surface area contributed by atoms with Gasteiger partial charge in [-0.25, -0.2) is 4.79 Å². The molecule has 2 nitrogen and oxygen atoms in total. The Balaban J connectivity index is 3.59. The van der Waals surface area contributed by atoms with E-state index >= 15 is 0 Å². The van der Waals surface area contributed by atoms with Crippen LogP contribution in [0.15, 0.2) is 12.7 Å². The van der Waals surface area contributed by atoms with Crippen LogP contribution in [0.4, 0.5) is 0 Å². The molecular formula is C37H72O2. The van der Waals surface area contributed by atoms with E-state index in [1.54, 1.807) is 0 Å². The van der Waals surface area contributed by atoms with E-state index in [9.17, 15) is 4.79 Å². The molecule has 1 unspecified atom stereocenters. The molecule has 0 fully saturated rings. The molecule has 39 heavy (non-hydrogen) atoms. The lowest BCUT2D eigenvalue weighted by Gasteiger charge is -2.17. The molecule has 0 N–H and O–H groups in total. The van der Waals surface area contributed by atoms with Crippen molar-refractivity contribution in [1.82, 2.24) is 0 Å². The van der Waals surface area contributed by atoms with Crippen LogP contribution in [-0.4, -0.2) is 12.1 Å². The standard InChI is InChI=1S/C37H72O2/c1-4-7-9-11-13-15-17-19-21-23-25-27-29-31-33-35-36(39-37(38)6-3)34-32-30-28-26-24-22-20-18-16-14-12-10-8-5-2/h6,36H,3-5,7-35H2,1-2H3. The van der Waals surface area contributed by atoms with Crippen molar-refractivity contribution in [3.05, 3.63) is 12.7 Å². The van der Waals surface area contributed by atoms with Gasteiger partial charge >= 0.3 is 5.97 Å². The number of hydrogen-bond acceptors (Lipinski definition) is 2. The highest BCUT2D eigenvalue weighted by atomic mass is 16.5. The quantitative estimate of drug-likeness (QED) is 0.0463. The highest BCUT2D eigenvalue weighted by Crippen LogP contribution is 2.19. The number of rotatable bonds is 33. The molecule has 0 aromatic carbocycles. The van der Waals surface area contributed by atoms with Crippen LogP contribution in [0.25, 0.3) is 0 Å². The summed E-state index contributed by atoms with van der Waals surface area (Å²) in [5.74, 6) is -0.244. The van der Waals surface area contributed by atoms with Crippen molar-refractivity contribution in [2.24, 2.45) is 0 Å². The molecule has 0 saturated carbocycles. The third kappa shape index (κ3) is 31.6. The van der Waals surface area contributed by atoms with Crippen molar-refractivity contribution in [3.8, 4) is 0 Å². The number of hydrogen-bond donors (Lipinski definition) is 0. The second-order valence-corrected chi connectivity index (χ2v) is 12.4. The van der Waals surface area contributed by atoms with Gasteiger partial charge in [0, 0.05) is 6.08 Å². The van der Waals surface area contributed by atoms with Crippen molar-refractivity contribution in [2.45, 2.75) is 219 Å². The second-order valence-electron chi connectivity index (χ2n) is 12.4. The molecule has 0 heterocycles. The minimum atomic E-state index is -0.244. The lowest BCUT2D eigenvalue weighted by Crippen LogP contribution is -2.16. The lowest BCUT2D eigenvalue weighted by atomic mass is 10.0. The fourth-order valence-electron chi connectivity index (χ4n) is 5.78. The van der Waals surface area contributed by atoms with Gasteiger partial charge in [0.2, 0.25) is 0 Å². The van der Waals surface area contributed by atoms with Crippen molar-refractivity contribution >= 4 is 5.97 Å². The number of ether oxygens (including phenoxy) is 1. The van der Waals surface area contributed by atoms with E-state index in [0.29, 0.717) is 0 Å². The van der Waals surface area contributed by atoms with Gasteiger partial charge in [-0.2, -0.15) is 0 Å². The van der Waals surface area contributed by atoms with E-state index in [1.165, 1.54) is 192 Å². The predicted octanol–water partition coefficient (Wildman–Crippen LogP) is 13.2. The zero-order valence-corrected chi connectivity index (χ0v) is 27.1. The van der Waals surface area contributed by atoms with Crippen LogP contribution in [0.5, 0.6) is 0 Å². The molecule has 0 aromatic rings. The Morgan fingerprint density at radius 2 is 0.692 bits per heavy atom. The molecule has 0 amide bonds. The van der Waals surface area contributed by atoms with Gasteiger partial charge in [0.1, 0.15) is 6.10 Å². The number of unbranched alkanes of at least 4 members (excludes halogenated alkanes) is 27. The Labute approximate surface area is 246 Å². The van der Waals surface area contributed by atoms with Crippen LogP contribution in [0, 0.1) is 0 Å². The van der Waals surface area contributed by atoms with E-state index in [1.807, 2.05) is 0 Å². The average Bonchev–Trinajstić information content (AvgIpc) is 2.94. The van der Waals surface area contributed by atoms with Crippen LogP contribution in [0.3, 0.4) is 0 Å². The van der Waals surface area contributed by atoms with Gasteiger partial charge in [-0.3, -0.25) is 0 Å². The normalized spacial score (nSPS) is 12.1. The first-order valence-electron chi connectivity index (χ1n) is 18.1. The zero-order chi connectivity index (χ0) is 28.5. The van der Waals surface area contributed by atoms with Crippen LogP contribution in [0.1, 0.15) is 213 Å². The third-order valence-electron chi connectivity index (χ3n) is 8.46. The van der Waals surface area contributed by atoms with Crippen LogP contribution >= 0.6 is 0 Å². The second kappa shape index (κ2) is 33.4. The van der Waals surface area contributed by atoms with Crippen LogP contribution < -0.4 is 0 Å². The molecular weight excluding hydrogens is 476 g/mol. The van der Waals surface area contributed by atoms with E-state index in [0.717, 1.165) is 12.8 Å². The summed E-state index contributed by atoms with van der Waals surface area (Å²) in [5, 5.41) is 0. The van der Waals surface area contributed by atoms with Gasteiger partial charge in [0.25, 0.3) is 0 Å². The first kappa shape index (κ1) is 38.2. The van der Waals surface area contributed by atoms with Crippen molar-refractivity contribution in [2.75, 3.05) is 0 Å². The molecule has 0 aliphatic carbocycles. The highest BCUT2D eigenvalue weighted by Gasteiger charge is 2.12. The molecule has 2 heteroatoms. The minimum Gasteiger partial charge on any atom is -0.459 e. The maximum absolute atomic E-state index is 11.8. The summed E-state index contributed by atoms with van der Waals surface area (Å²) in [6.45, 7) is 8.17. The molecule has 0 aliphatic heterocycles. The number of carbonyl (C=O) groups excluding carboxylic acids is 1. The molecule has 0 bridgehead atoms. The Bertz CT molecular complexity index is 486. The topological polar surface area (TPSA) is 26.3 Å². The first-order chi connectivity index (χ1) is 19.2. The predicted molar refractivity (Wildman–Crippen MR) is 175 cm³/mol. The highest BCUT2D eigenvalue weighted by molar-refractivity contribution is 5.81. The minimum absolute atomic E-state index is 0.0924. The van der Waals surface area contributed by atoms with Gasteiger partial charge in [0.15, 0.2) is 0 Å². The summed E-state index contributed by atoms with van der Waals surface area (Å²) in [6.07, 6.45) is 43.6. The van der Waals surface area contributed by atoms with Crippen LogP contribution in [-0.2, 0) is 9.53 Å². The summed E-state index contributed by atoms with van der Waals surface area (Å²) < 4.78 is 5.68. The molecule has 0 rings (SSSR count). The summed E-state index contributed by atoms with van der Waals surface area (Å²) in [5.41, 5.74) is 0. The van der Waals surface area contributed by atoms with Crippen molar-refractivity contribution < 1.29 is 9.53 Å². The maximum atomic E-state index is 11.8. The summed E-state index contributed by atoms with van der Waals surface area (Å²) >= 11 is 0. The van der Waals surface area contributed by atoms with Gasteiger partial charge in [-0.1, -0.05) is 194 Å². The summed E-state index contributed by atoms with van der Waals surface area (Å²) in [6, 6.07) is 0. The summed E-state index contributed by atoms with van der Waals surface area (Å²) in [4.78, 5) is 11.8. The molecule has 0 aromatic heterocycles. The molecule has 0 aliphatic rings. The third-order valence-corrected chi connectivity index (χ3v) is 8.46. The molecule has 1 atom stereocenters. The van der Waals surface area contributed by atoms with E-state index in [4.69, 9.17) is 4.74 Å². The van der Waals surface area contributed by atoms with E-state index < -0.39 is 0 Å². The van der Waals surface area contributed by atoms with Gasteiger partial charge < -0.3 is 4.74 Å². The monoisotopic (exact) mass is 549 g/mol.